The minimum atomic E-state index is -0.962. The second kappa shape index (κ2) is 7.25. The Hall–Kier alpha value is -4.19. The predicted molar refractivity (Wildman–Crippen MR) is 121 cm³/mol. The van der Waals surface area contributed by atoms with Crippen LogP contribution in [0.25, 0.3) is 33.3 Å². The zero-order chi connectivity index (χ0) is 21.5. The van der Waals surface area contributed by atoms with Crippen LogP contribution in [0.3, 0.4) is 0 Å². The van der Waals surface area contributed by atoms with Crippen LogP contribution in [0, 0.1) is 0 Å². The van der Waals surface area contributed by atoms with Crippen LogP contribution >= 0.6 is 0 Å². The van der Waals surface area contributed by atoms with Crippen molar-refractivity contribution in [2.45, 2.75) is 0 Å². The standard InChI is InChI=1S/C25H19N3O3/c1-28(2)17-11-12-20-22(13-17)31-23-14-21(18-5-3-4-6-19(18)24(23)27-20)26-16-9-7-15(8-10-16)25(29)30/h3-14H,1-2H3,(H,29,30)/b26-21-. The maximum Gasteiger partial charge on any atom is 0.335 e. The smallest absolute Gasteiger partial charge is 0.335 e. The Morgan fingerprint density at radius 2 is 1.71 bits per heavy atom. The first kappa shape index (κ1) is 18.8. The number of carbonyl (C=O) groups is 1. The molecule has 6 nitrogen and oxygen atoms in total. The molecular formula is C25H19N3O3. The molecule has 1 N–H and O–H groups in total. The van der Waals surface area contributed by atoms with Crippen molar-refractivity contribution in [3.05, 3.63) is 83.7 Å². The van der Waals surface area contributed by atoms with E-state index in [4.69, 9.17) is 19.5 Å². The van der Waals surface area contributed by atoms with Crippen molar-refractivity contribution in [2.75, 3.05) is 19.0 Å². The number of hydrogen-bond acceptors (Lipinski definition) is 5. The van der Waals surface area contributed by atoms with Crippen LogP contribution in [-0.2, 0) is 0 Å². The highest BCUT2D eigenvalue weighted by atomic mass is 16.4. The lowest BCUT2D eigenvalue weighted by Crippen LogP contribution is -2.08. The van der Waals surface area contributed by atoms with Crippen LogP contribution in [0.1, 0.15) is 10.4 Å². The van der Waals surface area contributed by atoms with Gasteiger partial charge in [0.2, 0.25) is 0 Å². The fourth-order valence-corrected chi connectivity index (χ4v) is 3.61. The molecule has 31 heavy (non-hydrogen) atoms. The number of hydrogen-bond donors (Lipinski definition) is 1. The van der Waals surface area contributed by atoms with E-state index in [1.807, 2.05) is 67.5 Å². The average molecular weight is 409 g/mol. The summed E-state index contributed by atoms with van der Waals surface area (Å²) in [7, 11) is 3.96. The number of carboxylic acids is 1. The lowest BCUT2D eigenvalue weighted by atomic mass is 10.0. The number of fused-ring (bicyclic) bond motifs is 4. The Morgan fingerprint density at radius 1 is 0.968 bits per heavy atom. The molecule has 1 aliphatic heterocycles. The lowest BCUT2D eigenvalue weighted by Gasteiger charge is -2.14. The molecule has 0 aromatic heterocycles. The highest BCUT2D eigenvalue weighted by molar-refractivity contribution is 5.96. The van der Waals surface area contributed by atoms with E-state index in [1.54, 1.807) is 24.3 Å². The van der Waals surface area contributed by atoms with Gasteiger partial charge in [0.15, 0.2) is 11.3 Å². The molecule has 152 valence electrons. The highest BCUT2D eigenvalue weighted by Gasteiger charge is 2.15. The second-order valence-corrected chi connectivity index (χ2v) is 7.51. The SMILES string of the molecule is CN(C)c1ccc2nc3c4ccccc4/c(=N\c4ccc(C(=O)O)cc4)cc-3oc2c1. The molecule has 0 fully saturated rings. The third kappa shape index (κ3) is 3.38. The third-order valence-corrected chi connectivity index (χ3v) is 5.24. The normalized spacial score (nSPS) is 12.0. The van der Waals surface area contributed by atoms with Crippen molar-refractivity contribution in [3.63, 3.8) is 0 Å². The van der Waals surface area contributed by atoms with Gasteiger partial charge in [0.1, 0.15) is 11.2 Å². The summed E-state index contributed by atoms with van der Waals surface area (Å²) < 4.78 is 6.25. The van der Waals surface area contributed by atoms with Crippen LogP contribution in [0.5, 0.6) is 0 Å². The molecule has 0 radical (unpaired) electrons. The monoisotopic (exact) mass is 409 g/mol. The van der Waals surface area contributed by atoms with Gasteiger partial charge in [0, 0.05) is 42.7 Å². The molecule has 0 saturated heterocycles. The molecule has 6 heteroatoms. The van der Waals surface area contributed by atoms with Crippen molar-refractivity contribution in [1.82, 2.24) is 4.98 Å². The van der Waals surface area contributed by atoms with Crippen LogP contribution in [0.2, 0.25) is 0 Å². The van der Waals surface area contributed by atoms with Crippen molar-refractivity contribution in [2.24, 2.45) is 4.99 Å². The van der Waals surface area contributed by atoms with E-state index in [-0.39, 0.29) is 5.56 Å². The maximum absolute atomic E-state index is 11.1. The first-order valence-corrected chi connectivity index (χ1v) is 9.81. The molecular weight excluding hydrogens is 390 g/mol. The summed E-state index contributed by atoms with van der Waals surface area (Å²) in [5.41, 5.74) is 4.19. The minimum Gasteiger partial charge on any atom is -0.478 e. The molecule has 1 aliphatic carbocycles. The van der Waals surface area contributed by atoms with Crippen LogP contribution < -0.4 is 10.3 Å². The fraction of sp³-hybridized carbons (Fsp3) is 0.0800. The molecule has 3 aromatic carbocycles. The Labute approximate surface area is 178 Å². The quantitative estimate of drug-likeness (QED) is 0.332. The van der Waals surface area contributed by atoms with Gasteiger partial charge in [-0.05, 0) is 36.4 Å². The van der Waals surface area contributed by atoms with E-state index >= 15 is 0 Å². The number of anilines is 1. The molecule has 1 heterocycles. The summed E-state index contributed by atoms with van der Waals surface area (Å²) >= 11 is 0. The highest BCUT2D eigenvalue weighted by Crippen LogP contribution is 2.31. The van der Waals surface area contributed by atoms with Crippen LogP contribution in [0.15, 0.2) is 82.2 Å². The van der Waals surface area contributed by atoms with Gasteiger partial charge in [0.05, 0.1) is 16.6 Å². The second-order valence-electron chi connectivity index (χ2n) is 7.51. The topological polar surface area (TPSA) is 78.9 Å². The minimum absolute atomic E-state index is 0.227. The van der Waals surface area contributed by atoms with Crippen LogP contribution in [-0.4, -0.2) is 30.2 Å². The summed E-state index contributed by atoms with van der Waals surface area (Å²) in [6.07, 6.45) is 0. The van der Waals surface area contributed by atoms with E-state index < -0.39 is 5.97 Å². The van der Waals surface area contributed by atoms with Gasteiger partial charge >= 0.3 is 5.97 Å². The molecule has 0 bridgehead atoms. The molecule has 0 saturated carbocycles. The average Bonchev–Trinajstić information content (AvgIpc) is 2.78. The van der Waals surface area contributed by atoms with Gasteiger partial charge < -0.3 is 14.4 Å². The van der Waals surface area contributed by atoms with E-state index in [1.165, 1.54) is 0 Å². The Balaban J connectivity index is 1.78. The van der Waals surface area contributed by atoms with Gasteiger partial charge in [0.25, 0.3) is 0 Å². The molecule has 0 spiro atoms. The Kier molecular flexibility index (Phi) is 4.40. The first-order chi connectivity index (χ1) is 15.0. The van der Waals surface area contributed by atoms with Crippen LogP contribution in [0.4, 0.5) is 11.4 Å². The van der Waals surface area contributed by atoms with Crippen molar-refractivity contribution in [3.8, 4) is 11.5 Å². The van der Waals surface area contributed by atoms with E-state index in [9.17, 15) is 4.79 Å². The largest absolute Gasteiger partial charge is 0.478 e. The van der Waals surface area contributed by atoms with E-state index in [0.717, 1.165) is 33.0 Å². The fourth-order valence-electron chi connectivity index (χ4n) is 3.61. The first-order valence-electron chi connectivity index (χ1n) is 9.81. The molecule has 0 unspecified atom stereocenters. The summed E-state index contributed by atoms with van der Waals surface area (Å²) in [5, 5.41) is 11.7. The number of aromatic nitrogens is 1. The molecule has 0 amide bonds. The predicted octanol–water partition coefficient (Wildman–Crippen LogP) is 5.08. The van der Waals surface area contributed by atoms with Gasteiger partial charge in [-0.3, -0.25) is 0 Å². The zero-order valence-corrected chi connectivity index (χ0v) is 17.0. The Bertz CT molecular complexity index is 1480. The van der Waals surface area contributed by atoms with Gasteiger partial charge in [-0.25, -0.2) is 14.8 Å². The summed E-state index contributed by atoms with van der Waals surface area (Å²) in [5.74, 6) is -0.320. The lowest BCUT2D eigenvalue weighted by molar-refractivity contribution is 0.0697. The van der Waals surface area contributed by atoms with Crippen molar-refractivity contribution >= 4 is 39.2 Å². The van der Waals surface area contributed by atoms with Gasteiger partial charge in [-0.15, -0.1) is 0 Å². The van der Waals surface area contributed by atoms with E-state index in [2.05, 4.69) is 0 Å². The zero-order valence-electron chi connectivity index (χ0n) is 17.0. The molecule has 2 aliphatic rings. The number of carboxylic acid groups (broad SMARTS) is 1. The summed E-state index contributed by atoms with van der Waals surface area (Å²) in [6.45, 7) is 0. The van der Waals surface area contributed by atoms with E-state index in [0.29, 0.717) is 17.0 Å². The number of aromatic carboxylic acids is 1. The Morgan fingerprint density at radius 3 is 2.42 bits per heavy atom. The van der Waals surface area contributed by atoms with Gasteiger partial charge in [-0.1, -0.05) is 24.3 Å². The molecule has 3 aromatic rings. The van der Waals surface area contributed by atoms with Crippen molar-refractivity contribution in [1.29, 1.82) is 0 Å². The molecule has 5 rings (SSSR count). The van der Waals surface area contributed by atoms with Gasteiger partial charge in [-0.2, -0.15) is 0 Å². The summed E-state index contributed by atoms with van der Waals surface area (Å²) in [6, 6.07) is 22.3. The number of benzene rings is 4. The number of nitrogens with zero attached hydrogens (tertiary/aromatic N) is 3. The molecule has 0 atom stereocenters. The third-order valence-electron chi connectivity index (χ3n) is 5.24. The maximum atomic E-state index is 11.1. The van der Waals surface area contributed by atoms with Crippen molar-refractivity contribution < 1.29 is 14.3 Å². The number of rotatable bonds is 3. The summed E-state index contributed by atoms with van der Waals surface area (Å²) in [4.78, 5) is 22.7.